The van der Waals surface area contributed by atoms with Gasteiger partial charge in [-0.3, -0.25) is 9.59 Å². The van der Waals surface area contributed by atoms with Crippen molar-refractivity contribution in [2.45, 2.75) is 56.9 Å². The van der Waals surface area contributed by atoms with E-state index in [1.54, 1.807) is 6.07 Å². The molecule has 246 valence electrons. The van der Waals surface area contributed by atoms with E-state index in [9.17, 15) is 31.5 Å². The molecule has 2 heterocycles. The Morgan fingerprint density at radius 1 is 1.13 bits per heavy atom. The monoisotopic (exact) mass is 646 g/mol. The largest absolute Gasteiger partial charge is 0.495 e. The van der Waals surface area contributed by atoms with Crippen molar-refractivity contribution in [3.05, 3.63) is 53.3 Å². The van der Waals surface area contributed by atoms with Crippen molar-refractivity contribution in [1.29, 1.82) is 0 Å². The number of rotatable bonds is 8. The third-order valence-corrected chi connectivity index (χ3v) is 8.23. The van der Waals surface area contributed by atoms with Crippen LogP contribution in [-0.2, 0) is 6.54 Å². The molecule has 2 aliphatic rings. The molecule has 0 radical (unpaired) electrons. The first-order valence-corrected chi connectivity index (χ1v) is 14.9. The second-order valence-corrected chi connectivity index (χ2v) is 12.0. The van der Waals surface area contributed by atoms with Crippen LogP contribution in [0.25, 0.3) is 11.0 Å². The van der Waals surface area contributed by atoms with Crippen LogP contribution in [0.2, 0.25) is 0 Å². The zero-order valence-electron chi connectivity index (χ0n) is 25.6. The lowest BCUT2D eigenvalue weighted by atomic mass is 9.88. The van der Waals surface area contributed by atoms with E-state index in [0.717, 1.165) is 30.4 Å². The van der Waals surface area contributed by atoms with Crippen LogP contribution in [0.1, 0.15) is 52.5 Å². The molecule has 2 aromatic carbocycles. The van der Waals surface area contributed by atoms with Gasteiger partial charge >= 0.3 is 6.18 Å². The smallest absolute Gasteiger partial charge is 0.406 e. The van der Waals surface area contributed by atoms with Gasteiger partial charge in [-0.25, -0.2) is 13.8 Å². The maximum atomic E-state index is 13.4. The Balaban J connectivity index is 1.32. The molecule has 0 spiro atoms. The van der Waals surface area contributed by atoms with E-state index in [2.05, 4.69) is 37.7 Å². The molecule has 14 heteroatoms. The van der Waals surface area contributed by atoms with E-state index in [1.807, 2.05) is 14.0 Å². The number of fused-ring (bicyclic) bond motifs is 1. The third kappa shape index (κ3) is 7.88. The van der Waals surface area contributed by atoms with Crippen molar-refractivity contribution in [1.82, 2.24) is 25.1 Å². The molecule has 1 aliphatic heterocycles. The molecule has 2 atom stereocenters. The second-order valence-electron chi connectivity index (χ2n) is 12.0. The summed E-state index contributed by atoms with van der Waals surface area (Å²) in [7, 11) is 3.43. The quantitative estimate of drug-likeness (QED) is 0.243. The van der Waals surface area contributed by atoms with Gasteiger partial charge in [-0.05, 0) is 56.3 Å². The summed E-state index contributed by atoms with van der Waals surface area (Å²) in [5.41, 5.74) is 1.52. The number of benzene rings is 2. The van der Waals surface area contributed by atoms with Crippen molar-refractivity contribution in [2.24, 2.45) is 5.92 Å². The Kier molecular flexibility index (Phi) is 9.44. The number of carbonyl (C=O) groups excluding carboxylic acids is 2. The summed E-state index contributed by atoms with van der Waals surface area (Å²) >= 11 is 0. The summed E-state index contributed by atoms with van der Waals surface area (Å²) in [6.07, 6.45) is -3.46. The molecule has 5 rings (SSSR count). The van der Waals surface area contributed by atoms with Crippen LogP contribution >= 0.6 is 0 Å². The SMILES string of the molecule is COc1cc(C(=O)NC2CC(F)(F)C2)ccc1NCC#Cc1cc(C(=O)N[C@H]2CCN(C)C[C@@H]2C)c2ncn(CC(F)(F)F)c2c1. The number of halogens is 5. The number of methoxy groups -OCH3 is 1. The van der Waals surface area contributed by atoms with Gasteiger partial charge in [0.25, 0.3) is 17.7 Å². The van der Waals surface area contributed by atoms with Crippen molar-refractivity contribution in [2.75, 3.05) is 39.1 Å². The number of piperidine rings is 1. The predicted molar refractivity (Wildman–Crippen MR) is 162 cm³/mol. The van der Waals surface area contributed by atoms with E-state index in [-0.39, 0.29) is 40.7 Å². The van der Waals surface area contributed by atoms with Gasteiger partial charge in [0, 0.05) is 42.6 Å². The fourth-order valence-corrected chi connectivity index (χ4v) is 5.84. The summed E-state index contributed by atoms with van der Waals surface area (Å²) in [5.74, 6) is 2.68. The standard InChI is InChI=1S/C32H35F5N6O3/c1-19-16-42(2)10-8-24(19)41-30(45)23-11-20(12-26-28(23)39-18-43(26)17-32(35,36)37)5-4-9-38-25-7-6-21(13-27(25)46-3)29(44)40-22-14-31(33,34)15-22/h6-7,11-13,18-19,22,24,38H,8-10,14-17H2,1-3H3,(H,40,44)(H,41,45)/t19-,24-/m0/s1. The van der Waals surface area contributed by atoms with Gasteiger partial charge in [-0.2, -0.15) is 13.2 Å². The molecule has 1 saturated carbocycles. The van der Waals surface area contributed by atoms with E-state index < -0.39 is 49.3 Å². The summed E-state index contributed by atoms with van der Waals surface area (Å²) in [6, 6.07) is 6.93. The molecule has 0 bridgehead atoms. The number of imidazole rings is 1. The molecule has 2 fully saturated rings. The molecule has 9 nitrogen and oxygen atoms in total. The number of amides is 2. The van der Waals surface area contributed by atoms with Gasteiger partial charge in [0.1, 0.15) is 17.8 Å². The number of anilines is 1. The Bertz CT molecular complexity index is 1670. The van der Waals surface area contributed by atoms with Crippen molar-refractivity contribution in [3.63, 3.8) is 0 Å². The number of hydrogen-bond donors (Lipinski definition) is 3. The van der Waals surface area contributed by atoms with Gasteiger partial charge in [-0.1, -0.05) is 18.8 Å². The minimum Gasteiger partial charge on any atom is -0.495 e. The average molecular weight is 647 g/mol. The second kappa shape index (κ2) is 13.2. The highest BCUT2D eigenvalue weighted by Gasteiger charge is 2.46. The Labute approximate surface area is 262 Å². The number of aromatic nitrogens is 2. The van der Waals surface area contributed by atoms with E-state index in [4.69, 9.17) is 4.74 Å². The zero-order chi connectivity index (χ0) is 33.2. The fraction of sp³-hybridized carbons (Fsp3) is 0.469. The first-order chi connectivity index (χ1) is 21.7. The minimum atomic E-state index is -4.49. The van der Waals surface area contributed by atoms with Crippen LogP contribution < -0.4 is 20.7 Å². The summed E-state index contributed by atoms with van der Waals surface area (Å²) in [6.45, 7) is 2.48. The number of likely N-dealkylation sites (tertiary alicyclic amines) is 1. The normalized spacial score (nSPS) is 19.9. The molecule has 1 saturated heterocycles. The first-order valence-electron chi connectivity index (χ1n) is 14.9. The molecule has 3 aromatic rings. The molecule has 2 amide bonds. The molecule has 46 heavy (non-hydrogen) atoms. The fourth-order valence-electron chi connectivity index (χ4n) is 5.84. The van der Waals surface area contributed by atoms with Crippen LogP contribution in [0.4, 0.5) is 27.6 Å². The van der Waals surface area contributed by atoms with Gasteiger partial charge in [0.05, 0.1) is 36.7 Å². The number of carbonyl (C=O) groups is 2. The summed E-state index contributed by atoms with van der Waals surface area (Å²) in [5, 5.41) is 8.69. The lowest BCUT2D eigenvalue weighted by Gasteiger charge is -2.35. The van der Waals surface area contributed by atoms with E-state index in [1.165, 1.54) is 31.4 Å². The highest BCUT2D eigenvalue weighted by molar-refractivity contribution is 6.05. The topological polar surface area (TPSA) is 101 Å². The van der Waals surface area contributed by atoms with Crippen LogP contribution in [0.3, 0.4) is 0 Å². The third-order valence-electron chi connectivity index (χ3n) is 8.23. The number of ether oxygens (including phenoxy) is 1. The average Bonchev–Trinajstić information content (AvgIpc) is 3.36. The maximum Gasteiger partial charge on any atom is 0.406 e. The van der Waals surface area contributed by atoms with Crippen molar-refractivity contribution < 1.29 is 36.3 Å². The first kappa shape index (κ1) is 33.0. The Morgan fingerprint density at radius 2 is 1.89 bits per heavy atom. The Morgan fingerprint density at radius 3 is 2.57 bits per heavy atom. The molecule has 3 N–H and O–H groups in total. The van der Waals surface area contributed by atoms with Crippen molar-refractivity contribution in [3.8, 4) is 17.6 Å². The number of nitrogens with one attached hydrogen (secondary N) is 3. The number of alkyl halides is 5. The molecular formula is C32H35F5N6O3. The minimum absolute atomic E-state index is 0.0908. The van der Waals surface area contributed by atoms with Crippen LogP contribution in [-0.4, -0.2) is 84.2 Å². The highest BCUT2D eigenvalue weighted by atomic mass is 19.4. The number of nitrogens with zero attached hydrogens (tertiary/aromatic N) is 3. The molecular weight excluding hydrogens is 611 g/mol. The molecule has 0 unspecified atom stereocenters. The maximum absolute atomic E-state index is 13.4. The van der Waals surface area contributed by atoms with E-state index >= 15 is 0 Å². The van der Waals surface area contributed by atoms with Crippen LogP contribution in [0, 0.1) is 17.8 Å². The summed E-state index contributed by atoms with van der Waals surface area (Å²) in [4.78, 5) is 32.3. The van der Waals surface area contributed by atoms with Gasteiger partial charge in [-0.15, -0.1) is 0 Å². The molecule has 1 aromatic heterocycles. The predicted octanol–water partition coefficient (Wildman–Crippen LogP) is 4.67. The summed E-state index contributed by atoms with van der Waals surface area (Å²) < 4.78 is 72.5. The highest BCUT2D eigenvalue weighted by Crippen LogP contribution is 2.37. The lowest BCUT2D eigenvalue weighted by molar-refractivity contribution is -0.140. The zero-order valence-corrected chi connectivity index (χ0v) is 25.6. The van der Waals surface area contributed by atoms with Gasteiger partial charge < -0.3 is 30.2 Å². The molecule has 1 aliphatic carbocycles. The Hall–Kier alpha value is -4.38. The van der Waals surface area contributed by atoms with Crippen LogP contribution in [0.15, 0.2) is 36.7 Å². The van der Waals surface area contributed by atoms with E-state index in [0.29, 0.717) is 17.0 Å². The lowest BCUT2D eigenvalue weighted by Crippen LogP contribution is -2.50. The van der Waals surface area contributed by atoms with Gasteiger partial charge in [0.15, 0.2) is 0 Å². The van der Waals surface area contributed by atoms with Crippen LogP contribution in [0.5, 0.6) is 5.75 Å². The van der Waals surface area contributed by atoms with Crippen molar-refractivity contribution >= 4 is 28.5 Å². The number of hydrogen-bond acceptors (Lipinski definition) is 6. The van der Waals surface area contributed by atoms with Gasteiger partial charge in [0.2, 0.25) is 0 Å².